The smallest absolute Gasteiger partial charge is 0.248 e. The van der Waals surface area contributed by atoms with Crippen LogP contribution in [0.2, 0.25) is 0 Å². The Morgan fingerprint density at radius 3 is 2.00 bits per heavy atom. The lowest BCUT2D eigenvalue weighted by Crippen LogP contribution is -2.10. The fourth-order valence-corrected chi connectivity index (χ4v) is 0.971. The second-order valence-electron chi connectivity index (χ2n) is 3.13. The molecule has 0 unspecified atom stereocenters. The Labute approximate surface area is 94.2 Å². The van der Waals surface area contributed by atoms with E-state index in [4.69, 9.17) is 5.73 Å². The molecule has 0 aliphatic heterocycles. The van der Waals surface area contributed by atoms with Crippen molar-refractivity contribution in [2.45, 2.75) is 6.92 Å². The minimum Gasteiger partial charge on any atom is -0.366 e. The number of primary amides is 1. The van der Waals surface area contributed by atoms with Gasteiger partial charge >= 0.3 is 0 Å². The van der Waals surface area contributed by atoms with Gasteiger partial charge in [-0.3, -0.25) is 4.79 Å². The normalized spacial score (nSPS) is 8.81. The Morgan fingerprint density at radius 1 is 1.12 bits per heavy atom. The Morgan fingerprint density at radius 2 is 1.69 bits per heavy atom. The van der Waals surface area contributed by atoms with Crippen molar-refractivity contribution in [3.05, 3.63) is 60.2 Å². The van der Waals surface area contributed by atoms with Gasteiger partial charge in [0.1, 0.15) is 6.33 Å². The lowest BCUT2D eigenvalue weighted by atomic mass is 10.1. The number of aromatic nitrogens is 2. The van der Waals surface area contributed by atoms with Crippen LogP contribution in [0.4, 0.5) is 0 Å². The van der Waals surface area contributed by atoms with E-state index in [0.29, 0.717) is 5.56 Å². The first-order chi connectivity index (χ1) is 7.70. The highest BCUT2D eigenvalue weighted by molar-refractivity contribution is 5.92. The van der Waals surface area contributed by atoms with Crippen LogP contribution in [0.5, 0.6) is 0 Å². The summed E-state index contributed by atoms with van der Waals surface area (Å²) in [5.41, 5.74) is 6.72. The molecule has 2 aromatic rings. The summed E-state index contributed by atoms with van der Waals surface area (Å²) in [4.78, 5) is 17.9. The zero-order valence-corrected chi connectivity index (χ0v) is 9.00. The summed E-state index contributed by atoms with van der Waals surface area (Å²) in [7, 11) is 0. The summed E-state index contributed by atoms with van der Waals surface area (Å²) < 4.78 is 0. The van der Waals surface area contributed by atoms with Gasteiger partial charge in [0.2, 0.25) is 5.91 Å². The highest BCUT2D eigenvalue weighted by Crippen LogP contribution is 2.00. The number of carbonyl (C=O) groups is 1. The van der Waals surface area contributed by atoms with Crippen molar-refractivity contribution in [1.29, 1.82) is 0 Å². The molecule has 2 rings (SSSR count). The van der Waals surface area contributed by atoms with E-state index in [9.17, 15) is 4.79 Å². The second kappa shape index (κ2) is 6.29. The standard InChI is InChI=1S/C8H9NO.C4H4N2/c1-6-2-4-7(5-3-6)8(9)10;1-2-5-4-6-3-1/h2-5H,1H3,(H2,9,10);1-4H. The molecule has 0 aliphatic rings. The largest absolute Gasteiger partial charge is 0.366 e. The molecular weight excluding hydrogens is 202 g/mol. The molecule has 82 valence electrons. The fourth-order valence-electron chi connectivity index (χ4n) is 0.971. The second-order valence-corrected chi connectivity index (χ2v) is 3.13. The highest BCUT2D eigenvalue weighted by Gasteiger charge is 1.95. The predicted octanol–water partition coefficient (Wildman–Crippen LogP) is 1.57. The van der Waals surface area contributed by atoms with Gasteiger partial charge in [0.05, 0.1) is 0 Å². The number of benzene rings is 1. The third kappa shape index (κ3) is 4.32. The summed E-state index contributed by atoms with van der Waals surface area (Å²) in [5, 5.41) is 0. The molecule has 1 aromatic heterocycles. The van der Waals surface area contributed by atoms with Crippen LogP contribution in [-0.4, -0.2) is 15.9 Å². The molecule has 1 heterocycles. The Balaban J connectivity index is 0.000000181. The number of hydrogen-bond acceptors (Lipinski definition) is 3. The third-order valence-corrected chi connectivity index (χ3v) is 1.81. The fraction of sp³-hybridized carbons (Fsp3) is 0.0833. The van der Waals surface area contributed by atoms with Crippen LogP contribution in [-0.2, 0) is 0 Å². The molecule has 0 saturated carbocycles. The lowest BCUT2D eigenvalue weighted by Gasteiger charge is -1.93. The van der Waals surface area contributed by atoms with Crippen LogP contribution in [0.3, 0.4) is 0 Å². The molecule has 16 heavy (non-hydrogen) atoms. The number of nitrogens with two attached hydrogens (primary N) is 1. The Kier molecular flexibility index (Phi) is 4.66. The number of nitrogens with zero attached hydrogens (tertiary/aromatic N) is 2. The molecule has 0 fully saturated rings. The molecule has 0 atom stereocenters. The van der Waals surface area contributed by atoms with E-state index in [1.807, 2.05) is 19.1 Å². The zero-order valence-electron chi connectivity index (χ0n) is 9.00. The summed E-state index contributed by atoms with van der Waals surface area (Å²) >= 11 is 0. The molecule has 1 aromatic carbocycles. The van der Waals surface area contributed by atoms with E-state index in [-0.39, 0.29) is 5.91 Å². The van der Waals surface area contributed by atoms with E-state index in [2.05, 4.69) is 9.97 Å². The maximum absolute atomic E-state index is 10.5. The summed E-state index contributed by atoms with van der Waals surface area (Å²) in [6.07, 6.45) is 4.88. The van der Waals surface area contributed by atoms with Crippen molar-refractivity contribution < 1.29 is 4.79 Å². The van der Waals surface area contributed by atoms with Crippen molar-refractivity contribution in [2.75, 3.05) is 0 Å². The minimum absolute atomic E-state index is 0.375. The molecule has 0 aliphatic carbocycles. The van der Waals surface area contributed by atoms with Gasteiger partial charge in [-0.15, -0.1) is 0 Å². The van der Waals surface area contributed by atoms with E-state index in [0.717, 1.165) is 5.56 Å². The lowest BCUT2D eigenvalue weighted by molar-refractivity contribution is 0.100. The number of rotatable bonds is 1. The minimum atomic E-state index is -0.375. The van der Waals surface area contributed by atoms with Gasteiger partial charge in [-0.25, -0.2) is 9.97 Å². The van der Waals surface area contributed by atoms with Crippen LogP contribution in [0.15, 0.2) is 49.1 Å². The van der Waals surface area contributed by atoms with Gasteiger partial charge in [0.25, 0.3) is 0 Å². The van der Waals surface area contributed by atoms with Gasteiger partial charge in [-0.1, -0.05) is 17.7 Å². The first-order valence-electron chi connectivity index (χ1n) is 4.76. The number of carbonyl (C=O) groups excluding carboxylic acids is 1. The van der Waals surface area contributed by atoms with E-state index < -0.39 is 0 Å². The molecular formula is C12H13N3O. The van der Waals surface area contributed by atoms with E-state index >= 15 is 0 Å². The highest BCUT2D eigenvalue weighted by atomic mass is 16.1. The van der Waals surface area contributed by atoms with Gasteiger partial charge in [-0.05, 0) is 25.1 Å². The molecule has 1 amide bonds. The monoisotopic (exact) mass is 215 g/mol. The van der Waals surface area contributed by atoms with Gasteiger partial charge < -0.3 is 5.73 Å². The third-order valence-electron chi connectivity index (χ3n) is 1.81. The summed E-state index contributed by atoms with van der Waals surface area (Å²) in [5.74, 6) is -0.375. The molecule has 4 heteroatoms. The Hall–Kier alpha value is -2.23. The molecule has 0 radical (unpaired) electrons. The summed E-state index contributed by atoms with van der Waals surface area (Å²) in [6.45, 7) is 1.96. The topological polar surface area (TPSA) is 68.9 Å². The molecule has 0 spiro atoms. The zero-order chi connectivity index (χ0) is 11.8. The predicted molar refractivity (Wildman–Crippen MR) is 61.7 cm³/mol. The van der Waals surface area contributed by atoms with Gasteiger partial charge in [-0.2, -0.15) is 0 Å². The van der Waals surface area contributed by atoms with Crippen LogP contribution in [0.25, 0.3) is 0 Å². The Bertz CT molecular complexity index is 399. The number of aryl methyl sites for hydroxylation is 1. The first kappa shape index (κ1) is 11.8. The van der Waals surface area contributed by atoms with Crippen molar-refractivity contribution >= 4 is 5.91 Å². The van der Waals surface area contributed by atoms with Crippen molar-refractivity contribution in [1.82, 2.24) is 9.97 Å². The quantitative estimate of drug-likeness (QED) is 0.785. The van der Waals surface area contributed by atoms with Crippen LogP contribution < -0.4 is 5.73 Å². The van der Waals surface area contributed by atoms with Crippen LogP contribution in [0.1, 0.15) is 15.9 Å². The summed E-state index contributed by atoms with van der Waals surface area (Å²) in [6, 6.07) is 8.94. The van der Waals surface area contributed by atoms with Crippen molar-refractivity contribution in [2.24, 2.45) is 5.73 Å². The van der Waals surface area contributed by atoms with E-state index in [1.165, 1.54) is 6.33 Å². The van der Waals surface area contributed by atoms with Crippen LogP contribution >= 0.6 is 0 Å². The molecule has 2 N–H and O–H groups in total. The maximum Gasteiger partial charge on any atom is 0.248 e. The van der Waals surface area contributed by atoms with Gasteiger partial charge in [0.15, 0.2) is 0 Å². The van der Waals surface area contributed by atoms with Crippen molar-refractivity contribution in [3.63, 3.8) is 0 Å². The number of amides is 1. The average Bonchev–Trinajstić information content (AvgIpc) is 2.32. The first-order valence-corrected chi connectivity index (χ1v) is 4.76. The number of hydrogen-bond donors (Lipinski definition) is 1. The van der Waals surface area contributed by atoms with Gasteiger partial charge in [0, 0.05) is 18.0 Å². The van der Waals surface area contributed by atoms with Crippen LogP contribution in [0, 0.1) is 6.92 Å². The molecule has 0 saturated heterocycles. The van der Waals surface area contributed by atoms with Crippen molar-refractivity contribution in [3.8, 4) is 0 Å². The van der Waals surface area contributed by atoms with E-state index in [1.54, 1.807) is 30.6 Å². The maximum atomic E-state index is 10.5. The molecule has 4 nitrogen and oxygen atoms in total. The SMILES string of the molecule is Cc1ccc(C(N)=O)cc1.c1cncnc1. The average molecular weight is 215 g/mol. The molecule has 0 bridgehead atoms.